The van der Waals surface area contributed by atoms with Crippen molar-refractivity contribution in [2.75, 3.05) is 31.6 Å². The van der Waals surface area contributed by atoms with E-state index >= 15 is 0 Å². The van der Waals surface area contributed by atoms with E-state index in [1.165, 1.54) is 6.07 Å². The lowest BCUT2D eigenvalue weighted by atomic mass is 9.84. The molecule has 2 aliphatic rings. The second-order valence-electron chi connectivity index (χ2n) is 11.8. The zero-order valence-electron chi connectivity index (χ0n) is 26.9. The van der Waals surface area contributed by atoms with Crippen molar-refractivity contribution in [2.24, 2.45) is 5.73 Å². The van der Waals surface area contributed by atoms with Crippen molar-refractivity contribution in [1.82, 2.24) is 20.0 Å². The molecule has 6 rings (SSSR count). The number of amides is 3. The summed E-state index contributed by atoms with van der Waals surface area (Å²) in [7, 11) is 2.00. The third-order valence-electron chi connectivity index (χ3n) is 8.34. The molecule has 0 fully saturated rings. The molecule has 0 radical (unpaired) electrons. The number of hydrogen-bond acceptors (Lipinski definition) is 5. The van der Waals surface area contributed by atoms with Crippen molar-refractivity contribution in [3.8, 4) is 5.69 Å². The molecule has 2 aliphatic heterocycles. The predicted molar refractivity (Wildman–Crippen MR) is 181 cm³/mol. The van der Waals surface area contributed by atoms with Gasteiger partial charge in [-0.1, -0.05) is 54.6 Å². The van der Waals surface area contributed by atoms with Gasteiger partial charge in [0.25, 0.3) is 0 Å². The number of alkyl halides is 3. The van der Waals surface area contributed by atoms with Gasteiger partial charge in [0.1, 0.15) is 5.82 Å². The number of anilines is 1. The molecule has 48 heavy (non-hydrogen) atoms. The van der Waals surface area contributed by atoms with Gasteiger partial charge in [-0.25, -0.2) is 4.68 Å². The van der Waals surface area contributed by atoms with Crippen LogP contribution in [0.5, 0.6) is 0 Å². The van der Waals surface area contributed by atoms with Crippen molar-refractivity contribution in [3.63, 3.8) is 0 Å². The van der Waals surface area contributed by atoms with Gasteiger partial charge in [0.2, 0.25) is 17.7 Å². The summed E-state index contributed by atoms with van der Waals surface area (Å²) >= 11 is 0. The molecular weight excluding hydrogens is 621 g/mol. The van der Waals surface area contributed by atoms with Crippen LogP contribution in [-0.2, 0) is 22.3 Å². The second-order valence-corrected chi connectivity index (χ2v) is 11.8. The van der Waals surface area contributed by atoms with E-state index in [4.69, 9.17) is 10.8 Å². The van der Waals surface area contributed by atoms with Gasteiger partial charge >= 0.3 is 6.18 Å². The van der Waals surface area contributed by atoms with Crippen LogP contribution in [0.25, 0.3) is 5.69 Å². The standard InChI is InChI=1S/C28H31N5O2.C8H6F3NO.2H2/c1-4-32-25(34)16-24(26-19(2)30-33(28(26)32)23-11-6-5-7-12-23)21-10-8-9-20(15-21)17-29-27(35)22-13-14-31(3)18-22;9-8(10,11)6-3-1-2-5(4-6)7(12)13;;/h5-13,15,24H,4,14,16-18H2,1-3H3,(H,29,35);1-4H,(H2,12,13);2*1H/t24-;;;/m0.../s1. The number of halogens is 3. The minimum Gasteiger partial charge on any atom is -0.366 e. The molecule has 0 saturated heterocycles. The Bertz CT molecular complexity index is 1860. The third-order valence-corrected chi connectivity index (χ3v) is 8.34. The number of likely N-dealkylation sites (N-methyl/N-ethyl adjacent to an activating group) is 1. The van der Waals surface area contributed by atoms with E-state index in [2.05, 4.69) is 22.3 Å². The summed E-state index contributed by atoms with van der Waals surface area (Å²) in [5.74, 6) is -0.0225. The smallest absolute Gasteiger partial charge is 0.366 e. The highest BCUT2D eigenvalue weighted by Gasteiger charge is 2.37. The number of nitrogens with zero attached hydrogens (tertiary/aromatic N) is 4. The first kappa shape index (κ1) is 34.1. The first-order valence-corrected chi connectivity index (χ1v) is 15.5. The molecule has 0 saturated carbocycles. The highest BCUT2D eigenvalue weighted by atomic mass is 19.4. The number of aryl methyl sites for hydroxylation is 1. The summed E-state index contributed by atoms with van der Waals surface area (Å²) in [6, 6.07) is 22.1. The number of carbonyl (C=O) groups excluding carboxylic acids is 3. The van der Waals surface area contributed by atoms with Crippen LogP contribution in [0.2, 0.25) is 0 Å². The molecule has 9 nitrogen and oxygen atoms in total. The molecule has 12 heteroatoms. The summed E-state index contributed by atoms with van der Waals surface area (Å²) in [6.45, 7) is 6.54. The largest absolute Gasteiger partial charge is 0.416 e. The van der Waals surface area contributed by atoms with E-state index < -0.39 is 17.6 Å². The van der Waals surface area contributed by atoms with Crippen LogP contribution in [0, 0.1) is 6.92 Å². The summed E-state index contributed by atoms with van der Waals surface area (Å²) in [4.78, 5) is 40.3. The Balaban J connectivity index is 0.000000384. The Labute approximate surface area is 279 Å². The Morgan fingerprint density at radius 3 is 2.42 bits per heavy atom. The molecule has 0 unspecified atom stereocenters. The van der Waals surface area contributed by atoms with E-state index in [9.17, 15) is 27.6 Å². The van der Waals surface area contributed by atoms with Gasteiger partial charge in [-0.2, -0.15) is 18.3 Å². The molecule has 3 aromatic carbocycles. The minimum absolute atomic E-state index is 0. The molecule has 0 aliphatic carbocycles. The molecule has 0 bridgehead atoms. The number of rotatable bonds is 7. The van der Waals surface area contributed by atoms with E-state index in [-0.39, 0.29) is 26.1 Å². The maximum absolute atomic E-state index is 13.3. The lowest BCUT2D eigenvalue weighted by molar-refractivity contribution is -0.137. The molecular formula is C36H41F3N6O3. The van der Waals surface area contributed by atoms with Crippen molar-refractivity contribution in [2.45, 2.75) is 38.9 Å². The topological polar surface area (TPSA) is 114 Å². The fourth-order valence-electron chi connectivity index (χ4n) is 5.97. The van der Waals surface area contributed by atoms with Crippen molar-refractivity contribution in [3.05, 3.63) is 124 Å². The van der Waals surface area contributed by atoms with Crippen molar-refractivity contribution < 1.29 is 30.4 Å². The van der Waals surface area contributed by atoms with E-state index in [1.807, 2.05) is 79.0 Å². The Hall–Kier alpha value is -5.23. The zero-order valence-corrected chi connectivity index (χ0v) is 26.9. The summed E-state index contributed by atoms with van der Waals surface area (Å²) < 4.78 is 38.1. The van der Waals surface area contributed by atoms with Gasteiger partial charge in [0, 0.05) is 58.1 Å². The van der Waals surface area contributed by atoms with Crippen LogP contribution in [0.4, 0.5) is 19.0 Å². The SMILES string of the molecule is CCN1C(=O)C[C@@H](c2cccc(CNC(=O)C3=CCN(C)C3)c2)c2c(C)nn(-c3ccccc3)c21.NC(=O)c1cccc(C(F)(F)F)c1.[HH].[HH]. The van der Waals surface area contributed by atoms with Gasteiger partial charge in [0.05, 0.1) is 16.9 Å². The summed E-state index contributed by atoms with van der Waals surface area (Å²) in [6.07, 6.45) is -2.06. The van der Waals surface area contributed by atoms with Crippen molar-refractivity contribution >= 4 is 23.5 Å². The Kier molecular flexibility index (Phi) is 10.1. The number of nitrogens with one attached hydrogen (secondary N) is 1. The average molecular weight is 663 g/mol. The maximum atomic E-state index is 13.3. The first-order chi connectivity index (χ1) is 22.9. The molecule has 1 atom stereocenters. The molecule has 254 valence electrons. The average Bonchev–Trinajstić information content (AvgIpc) is 3.67. The molecule has 3 heterocycles. The van der Waals surface area contributed by atoms with E-state index in [0.29, 0.717) is 26.1 Å². The normalized spacial score (nSPS) is 16.1. The van der Waals surface area contributed by atoms with Crippen LogP contribution >= 0.6 is 0 Å². The van der Waals surface area contributed by atoms with E-state index in [0.717, 1.165) is 64.2 Å². The lowest BCUT2D eigenvalue weighted by Gasteiger charge is -2.32. The van der Waals surface area contributed by atoms with Gasteiger partial charge in [-0.05, 0) is 62.4 Å². The Morgan fingerprint density at radius 1 is 1.04 bits per heavy atom. The highest BCUT2D eigenvalue weighted by Crippen LogP contribution is 2.43. The molecule has 0 spiro atoms. The molecule has 3 amide bonds. The molecule has 3 N–H and O–H groups in total. The van der Waals surface area contributed by atoms with Crippen molar-refractivity contribution in [1.29, 1.82) is 0 Å². The number of fused-ring (bicyclic) bond motifs is 1. The highest BCUT2D eigenvalue weighted by molar-refractivity contribution is 5.97. The number of carbonyl (C=O) groups is 3. The summed E-state index contributed by atoms with van der Waals surface area (Å²) in [5.41, 5.74) is 9.66. The first-order valence-electron chi connectivity index (χ1n) is 15.5. The molecule has 4 aromatic rings. The van der Waals surface area contributed by atoms with Gasteiger partial charge < -0.3 is 11.1 Å². The number of aromatic nitrogens is 2. The number of hydrogen-bond donors (Lipinski definition) is 2. The number of para-hydroxylation sites is 1. The number of benzene rings is 3. The monoisotopic (exact) mass is 662 g/mol. The molecule has 1 aromatic heterocycles. The Morgan fingerprint density at radius 2 is 1.77 bits per heavy atom. The fraction of sp³-hybridized carbons (Fsp3) is 0.278. The van der Waals surface area contributed by atoms with Crippen LogP contribution in [0.1, 0.15) is 60.4 Å². The fourth-order valence-corrected chi connectivity index (χ4v) is 5.97. The van der Waals surface area contributed by atoms with Gasteiger partial charge in [-0.15, -0.1) is 0 Å². The van der Waals surface area contributed by atoms with E-state index in [1.54, 1.807) is 0 Å². The van der Waals surface area contributed by atoms with Crippen LogP contribution in [0.3, 0.4) is 0 Å². The lowest BCUT2D eigenvalue weighted by Crippen LogP contribution is -2.38. The quantitative estimate of drug-likeness (QED) is 0.258. The van der Waals surface area contributed by atoms with Crippen LogP contribution in [0.15, 0.2) is 90.5 Å². The second kappa shape index (κ2) is 14.3. The number of nitrogens with two attached hydrogens (primary N) is 1. The maximum Gasteiger partial charge on any atom is 0.416 e. The van der Waals surface area contributed by atoms with Crippen LogP contribution < -0.4 is 16.0 Å². The van der Waals surface area contributed by atoms with Gasteiger partial charge in [0.15, 0.2) is 0 Å². The number of primary amides is 1. The summed E-state index contributed by atoms with van der Waals surface area (Å²) in [5, 5.41) is 7.91. The van der Waals surface area contributed by atoms with Gasteiger partial charge in [-0.3, -0.25) is 24.2 Å². The zero-order chi connectivity index (χ0) is 34.6. The van der Waals surface area contributed by atoms with Crippen LogP contribution in [-0.4, -0.2) is 59.1 Å². The predicted octanol–water partition coefficient (Wildman–Crippen LogP) is 5.85. The minimum atomic E-state index is -4.44. The third kappa shape index (κ3) is 7.49.